The smallest absolute Gasteiger partial charge is 0.262 e. The molecule has 0 spiro atoms. The van der Waals surface area contributed by atoms with Gasteiger partial charge in [-0.05, 0) is 48.9 Å². The van der Waals surface area contributed by atoms with Gasteiger partial charge in [-0.25, -0.2) is 8.42 Å². The largest absolute Gasteiger partial charge is 0.497 e. The lowest BCUT2D eigenvalue weighted by Crippen LogP contribution is -2.15. The lowest BCUT2D eigenvalue weighted by atomic mass is 10.2. The fourth-order valence-corrected chi connectivity index (χ4v) is 3.81. The quantitative estimate of drug-likeness (QED) is 0.809. The molecule has 0 atom stereocenters. The van der Waals surface area contributed by atoms with E-state index in [1.807, 2.05) is 0 Å². The second-order valence-electron chi connectivity index (χ2n) is 4.45. The maximum Gasteiger partial charge on any atom is 0.262 e. The SMILES string of the molecule is COc1ccc(NS(=O)(=O)c2cc(Br)cc(N)c2C)cc1. The number of nitrogens with one attached hydrogen (secondary N) is 1. The second kappa shape index (κ2) is 5.95. The fraction of sp³-hybridized carbons (Fsp3) is 0.143. The molecular weight excluding hydrogens is 356 g/mol. The van der Waals surface area contributed by atoms with Crippen LogP contribution in [-0.2, 0) is 10.0 Å². The molecule has 0 radical (unpaired) electrons. The van der Waals surface area contributed by atoms with Gasteiger partial charge in [0, 0.05) is 15.8 Å². The van der Waals surface area contributed by atoms with Crippen molar-refractivity contribution in [2.45, 2.75) is 11.8 Å². The van der Waals surface area contributed by atoms with Crippen LogP contribution >= 0.6 is 15.9 Å². The van der Waals surface area contributed by atoms with Crippen LogP contribution in [0.4, 0.5) is 11.4 Å². The lowest BCUT2D eigenvalue weighted by molar-refractivity contribution is 0.415. The molecule has 3 N–H and O–H groups in total. The highest BCUT2D eigenvalue weighted by Gasteiger charge is 2.19. The Balaban J connectivity index is 2.38. The molecule has 2 aromatic carbocycles. The van der Waals surface area contributed by atoms with Crippen molar-refractivity contribution in [1.82, 2.24) is 0 Å². The van der Waals surface area contributed by atoms with Crippen LogP contribution in [-0.4, -0.2) is 15.5 Å². The third kappa shape index (κ3) is 3.48. The van der Waals surface area contributed by atoms with E-state index in [-0.39, 0.29) is 4.90 Å². The minimum absolute atomic E-state index is 0.144. The van der Waals surface area contributed by atoms with Gasteiger partial charge in [0.2, 0.25) is 0 Å². The predicted octanol–water partition coefficient (Wildman–Crippen LogP) is 3.15. The first-order valence-electron chi connectivity index (χ1n) is 6.06. The van der Waals surface area contributed by atoms with E-state index in [2.05, 4.69) is 20.7 Å². The number of anilines is 2. The molecule has 0 aliphatic heterocycles. The first-order chi connectivity index (χ1) is 9.83. The van der Waals surface area contributed by atoms with Crippen LogP contribution in [0.2, 0.25) is 0 Å². The minimum atomic E-state index is -3.71. The van der Waals surface area contributed by atoms with Crippen LogP contribution in [0.1, 0.15) is 5.56 Å². The normalized spacial score (nSPS) is 11.2. The molecule has 0 amide bonds. The monoisotopic (exact) mass is 370 g/mol. The van der Waals surface area contributed by atoms with Crippen molar-refractivity contribution in [2.24, 2.45) is 0 Å². The number of halogens is 1. The van der Waals surface area contributed by atoms with Crippen molar-refractivity contribution in [3.8, 4) is 5.75 Å². The molecule has 0 aliphatic rings. The van der Waals surface area contributed by atoms with Gasteiger partial charge in [-0.1, -0.05) is 15.9 Å². The molecule has 0 bridgehead atoms. The van der Waals surface area contributed by atoms with E-state index in [4.69, 9.17) is 10.5 Å². The van der Waals surface area contributed by atoms with Crippen molar-refractivity contribution in [3.05, 3.63) is 46.4 Å². The number of hydrogen-bond acceptors (Lipinski definition) is 4. The van der Waals surface area contributed by atoms with E-state index < -0.39 is 10.0 Å². The zero-order valence-corrected chi connectivity index (χ0v) is 14.0. The number of ether oxygens (including phenoxy) is 1. The summed E-state index contributed by atoms with van der Waals surface area (Å²) in [5.74, 6) is 0.654. The van der Waals surface area contributed by atoms with Crippen LogP contribution in [0.5, 0.6) is 5.75 Å². The molecule has 0 saturated carbocycles. The van der Waals surface area contributed by atoms with Crippen LogP contribution in [0.25, 0.3) is 0 Å². The highest BCUT2D eigenvalue weighted by Crippen LogP contribution is 2.28. The molecule has 0 fully saturated rings. The summed E-state index contributed by atoms with van der Waals surface area (Å²) in [5, 5.41) is 0. The Kier molecular flexibility index (Phi) is 4.43. The minimum Gasteiger partial charge on any atom is -0.497 e. The number of rotatable bonds is 4. The van der Waals surface area contributed by atoms with E-state index >= 15 is 0 Å². The van der Waals surface area contributed by atoms with Crippen LogP contribution in [0.3, 0.4) is 0 Å². The average Bonchev–Trinajstić information content (AvgIpc) is 2.43. The molecule has 0 unspecified atom stereocenters. The van der Waals surface area contributed by atoms with E-state index in [1.165, 1.54) is 6.07 Å². The van der Waals surface area contributed by atoms with Gasteiger partial charge in [-0.3, -0.25) is 4.72 Å². The van der Waals surface area contributed by atoms with Crippen molar-refractivity contribution in [2.75, 3.05) is 17.6 Å². The Hall–Kier alpha value is -1.73. The number of benzene rings is 2. The summed E-state index contributed by atoms with van der Waals surface area (Å²) in [5.41, 5.74) is 7.19. The van der Waals surface area contributed by atoms with Crippen LogP contribution in [0.15, 0.2) is 45.8 Å². The summed E-state index contributed by atoms with van der Waals surface area (Å²) in [4.78, 5) is 0.144. The molecule has 0 saturated heterocycles. The third-order valence-corrected chi connectivity index (χ3v) is 4.96. The molecule has 0 heterocycles. The summed E-state index contributed by atoms with van der Waals surface area (Å²) in [7, 11) is -2.16. The number of nitrogen functional groups attached to an aromatic ring is 1. The van der Waals surface area contributed by atoms with Crippen molar-refractivity contribution in [3.63, 3.8) is 0 Å². The van der Waals surface area contributed by atoms with E-state index in [9.17, 15) is 8.42 Å². The summed E-state index contributed by atoms with van der Waals surface area (Å²) in [6.07, 6.45) is 0. The summed E-state index contributed by atoms with van der Waals surface area (Å²) >= 11 is 3.26. The summed E-state index contributed by atoms with van der Waals surface area (Å²) in [6.45, 7) is 1.67. The number of hydrogen-bond donors (Lipinski definition) is 2. The Morgan fingerprint density at radius 1 is 1.19 bits per heavy atom. The zero-order chi connectivity index (χ0) is 15.6. The number of sulfonamides is 1. The molecule has 2 rings (SSSR count). The van der Waals surface area contributed by atoms with Gasteiger partial charge in [-0.2, -0.15) is 0 Å². The fourth-order valence-electron chi connectivity index (χ4n) is 1.82. The maximum atomic E-state index is 12.5. The first kappa shape index (κ1) is 15.7. The van der Waals surface area contributed by atoms with Gasteiger partial charge in [0.05, 0.1) is 12.0 Å². The van der Waals surface area contributed by atoms with Crippen molar-refractivity contribution >= 4 is 37.3 Å². The maximum absolute atomic E-state index is 12.5. The molecule has 0 aromatic heterocycles. The van der Waals surface area contributed by atoms with E-state index in [0.717, 1.165) is 0 Å². The van der Waals surface area contributed by atoms with Gasteiger partial charge >= 0.3 is 0 Å². The molecule has 21 heavy (non-hydrogen) atoms. The highest BCUT2D eigenvalue weighted by atomic mass is 79.9. The predicted molar refractivity (Wildman–Crippen MR) is 87.1 cm³/mol. The lowest BCUT2D eigenvalue weighted by Gasteiger charge is -2.13. The highest BCUT2D eigenvalue weighted by molar-refractivity contribution is 9.10. The van der Waals surface area contributed by atoms with Crippen LogP contribution in [0, 0.1) is 6.92 Å². The van der Waals surface area contributed by atoms with Crippen molar-refractivity contribution < 1.29 is 13.2 Å². The molecule has 2 aromatic rings. The van der Waals surface area contributed by atoms with E-state index in [0.29, 0.717) is 27.2 Å². The van der Waals surface area contributed by atoms with Crippen LogP contribution < -0.4 is 15.2 Å². The van der Waals surface area contributed by atoms with Gasteiger partial charge in [0.1, 0.15) is 5.75 Å². The molecule has 7 heteroatoms. The Morgan fingerprint density at radius 2 is 1.81 bits per heavy atom. The molecule has 5 nitrogen and oxygen atoms in total. The first-order valence-corrected chi connectivity index (χ1v) is 8.33. The van der Waals surface area contributed by atoms with Gasteiger partial charge in [0.25, 0.3) is 10.0 Å². The Labute approximate surface area is 132 Å². The van der Waals surface area contributed by atoms with Gasteiger partial charge in [0.15, 0.2) is 0 Å². The molecular formula is C14H15BrN2O3S. The number of nitrogens with two attached hydrogens (primary N) is 1. The third-order valence-electron chi connectivity index (χ3n) is 3.00. The average molecular weight is 371 g/mol. The molecule has 112 valence electrons. The van der Waals surface area contributed by atoms with Crippen molar-refractivity contribution in [1.29, 1.82) is 0 Å². The zero-order valence-electron chi connectivity index (χ0n) is 11.6. The summed E-state index contributed by atoms with van der Waals surface area (Å²) in [6, 6.07) is 9.82. The van der Waals surface area contributed by atoms with E-state index in [1.54, 1.807) is 44.4 Å². The number of methoxy groups -OCH3 is 1. The van der Waals surface area contributed by atoms with Gasteiger partial charge < -0.3 is 10.5 Å². The summed E-state index contributed by atoms with van der Waals surface area (Å²) < 4.78 is 33.1. The standard InChI is InChI=1S/C14H15BrN2O3S/c1-9-13(16)7-10(15)8-14(9)21(18,19)17-11-3-5-12(20-2)6-4-11/h3-8,17H,16H2,1-2H3. The topological polar surface area (TPSA) is 81.4 Å². The second-order valence-corrected chi connectivity index (χ2v) is 7.02. The molecule has 0 aliphatic carbocycles. The van der Waals surface area contributed by atoms with Gasteiger partial charge in [-0.15, -0.1) is 0 Å². The Bertz CT molecular complexity index is 759. The Morgan fingerprint density at radius 3 is 2.38 bits per heavy atom.